The zero-order chi connectivity index (χ0) is 36.1. The molecule has 18 heteroatoms. The Kier molecular flexibility index (Phi) is 16.2. The molecule has 4 amide bonds. The van der Waals surface area contributed by atoms with Crippen LogP contribution in [0.2, 0.25) is 0 Å². The summed E-state index contributed by atoms with van der Waals surface area (Å²) in [6.45, 7) is 7.42. The molecule has 1 aromatic carbocycles. The second-order valence-corrected chi connectivity index (χ2v) is 12.1. The number of Topliss-reactive ketones (excluding diaryl/α,β-unsaturated/α-hetero) is 1. The van der Waals surface area contributed by atoms with Gasteiger partial charge in [-0.25, -0.2) is 9.97 Å². The quantitative estimate of drug-likeness (QED) is 0.0764. The monoisotopic (exact) mass is 717 g/mol. The number of benzene rings is 1. The maximum Gasteiger partial charge on any atom is 0.325 e. The van der Waals surface area contributed by atoms with Crippen LogP contribution in [-0.2, 0) is 16.0 Å². The molecule has 0 saturated heterocycles. The van der Waals surface area contributed by atoms with Crippen LogP contribution in [0.25, 0.3) is 0 Å². The molecule has 0 saturated carbocycles. The van der Waals surface area contributed by atoms with Crippen LogP contribution in [0.4, 0.5) is 0 Å². The van der Waals surface area contributed by atoms with Gasteiger partial charge in [0.25, 0.3) is 23.6 Å². The number of carbonyl (C=O) groups is 6. The molecule has 0 aliphatic rings. The fraction of sp³-hybridized carbons (Fsp3) is 0.438. The van der Waals surface area contributed by atoms with Crippen LogP contribution in [0.15, 0.2) is 43.0 Å². The van der Waals surface area contributed by atoms with Gasteiger partial charge < -0.3 is 47.4 Å². The molecule has 3 rings (SSSR count). The number of nitrogens with one attached hydrogen (secondary N) is 7. The summed E-state index contributed by atoms with van der Waals surface area (Å²) in [6, 6.07) is 6.24. The summed E-state index contributed by atoms with van der Waals surface area (Å²) in [5.74, 6) is -4.14. The molecule has 0 fully saturated rings. The number of hydrogen-bond acceptors (Lipinski definition) is 9. The number of imidazole rings is 2. The molecule has 50 heavy (non-hydrogen) atoms. The van der Waals surface area contributed by atoms with E-state index in [4.69, 9.17) is 5.11 Å². The first-order valence-electron chi connectivity index (χ1n) is 15.9. The normalized spacial score (nSPS) is 13.2. The summed E-state index contributed by atoms with van der Waals surface area (Å²) in [6.07, 6.45) is 3.08. The molecule has 4 atom stereocenters. The molecule has 0 aliphatic carbocycles. The minimum absolute atomic E-state index is 0. The predicted molar refractivity (Wildman–Crippen MR) is 184 cm³/mol. The highest BCUT2D eigenvalue weighted by Crippen LogP contribution is 2.10. The number of ketones is 1. The van der Waals surface area contributed by atoms with E-state index in [1.807, 2.05) is 44.2 Å². The molecule has 0 unspecified atom stereocenters. The first-order chi connectivity index (χ1) is 23.3. The number of amides is 4. The molecule has 17 nitrogen and oxygen atoms in total. The Bertz CT molecular complexity index is 1610. The molecular formula is C32H46ClN10O7+. The first-order valence-corrected chi connectivity index (χ1v) is 15.9. The summed E-state index contributed by atoms with van der Waals surface area (Å²) in [4.78, 5) is 89.7. The summed E-state index contributed by atoms with van der Waals surface area (Å²) < 4.78 is 0. The third kappa shape index (κ3) is 12.1. The van der Waals surface area contributed by atoms with Crippen molar-refractivity contribution in [2.24, 2.45) is 5.92 Å². The number of carboxylic acids is 1. The maximum atomic E-state index is 13.5. The van der Waals surface area contributed by atoms with Gasteiger partial charge in [-0.05, 0) is 38.2 Å². The van der Waals surface area contributed by atoms with Crippen molar-refractivity contribution >= 4 is 47.8 Å². The predicted octanol–water partition coefficient (Wildman–Crippen LogP) is -0.538. The number of quaternary nitrogens is 1. The minimum atomic E-state index is -1.24. The largest absolute Gasteiger partial charge is 0.480 e. The number of carbonyl (C=O) groups excluding carboxylic acids is 5. The summed E-state index contributed by atoms with van der Waals surface area (Å²) in [5.41, 5.74) is 3.96. The number of halogens is 1. The molecule has 0 bridgehead atoms. The molecule has 11 N–H and O–H groups in total. The van der Waals surface area contributed by atoms with Crippen molar-refractivity contribution < 1.29 is 39.6 Å². The van der Waals surface area contributed by atoms with Crippen LogP contribution in [0.3, 0.4) is 0 Å². The van der Waals surface area contributed by atoms with Crippen LogP contribution in [-0.4, -0.2) is 104 Å². The maximum absolute atomic E-state index is 13.5. The molecule has 272 valence electrons. The van der Waals surface area contributed by atoms with Gasteiger partial charge >= 0.3 is 5.97 Å². The third-order valence-corrected chi connectivity index (χ3v) is 7.45. The van der Waals surface area contributed by atoms with Gasteiger partial charge in [-0.3, -0.25) is 28.8 Å². The van der Waals surface area contributed by atoms with Gasteiger partial charge in [-0.2, -0.15) is 0 Å². The van der Waals surface area contributed by atoms with E-state index in [1.165, 1.54) is 13.3 Å². The first kappa shape index (κ1) is 41.0. The van der Waals surface area contributed by atoms with Crippen molar-refractivity contribution in [2.75, 3.05) is 19.6 Å². The van der Waals surface area contributed by atoms with E-state index in [9.17, 15) is 28.8 Å². The topological polar surface area (TPSA) is 268 Å². The van der Waals surface area contributed by atoms with E-state index in [0.29, 0.717) is 13.0 Å². The number of aromatic nitrogens is 4. The number of H-pyrrole nitrogens is 2. The van der Waals surface area contributed by atoms with Crippen molar-refractivity contribution in [3.8, 4) is 0 Å². The summed E-state index contributed by atoms with van der Waals surface area (Å²) in [7, 11) is 0. The van der Waals surface area contributed by atoms with Gasteiger partial charge in [-0.15, -0.1) is 12.4 Å². The SMILES string of the molecule is CC(C)C[C@@H](CNCC(=O)[C@H](Cc1ccccc1)NC(=O)c1[nH]cnc1C(=O)N[C@@H](C)C[NH3+])NC(=O)c1nc[nH]c1C(=O)N[C@@H](C)C(=O)O.Cl. The standard InChI is InChI=1S/C32H44N10O7.ClH/c1-17(2)10-21(41-30(46)26-25(36-16-37-26)29(45)40-19(4)32(48)49)13-34-14-23(43)22(11-20-8-6-5-7-9-20)42-31(47)27-24(35-15-38-27)28(44)39-18(3)12-33;/h5-9,15-19,21-22,34H,10-14,33H2,1-4H3,(H,35,38)(H,36,37)(H,39,44)(H,40,45)(H,41,46)(H,42,47)(H,48,49);1H/p+1/t18-,19-,21-,22-;/m0./s1. The van der Waals surface area contributed by atoms with E-state index in [2.05, 4.69) is 52.3 Å². The Morgan fingerprint density at radius 1 is 0.800 bits per heavy atom. The molecule has 3 aromatic rings. The van der Waals surface area contributed by atoms with Crippen molar-refractivity contribution in [3.63, 3.8) is 0 Å². The van der Waals surface area contributed by atoms with E-state index in [0.717, 1.165) is 11.9 Å². The molecule has 0 aliphatic heterocycles. The van der Waals surface area contributed by atoms with E-state index < -0.39 is 47.7 Å². The zero-order valence-electron chi connectivity index (χ0n) is 28.4. The summed E-state index contributed by atoms with van der Waals surface area (Å²) in [5, 5.41) is 22.7. The van der Waals surface area contributed by atoms with Crippen LogP contribution in [0, 0.1) is 5.92 Å². The van der Waals surface area contributed by atoms with Crippen molar-refractivity contribution in [2.45, 2.75) is 64.7 Å². The second kappa shape index (κ2) is 19.8. The minimum Gasteiger partial charge on any atom is -0.480 e. The van der Waals surface area contributed by atoms with E-state index in [-0.39, 0.29) is 72.4 Å². The molecule has 0 spiro atoms. The summed E-state index contributed by atoms with van der Waals surface area (Å²) >= 11 is 0. The lowest BCUT2D eigenvalue weighted by Gasteiger charge is -2.22. The highest BCUT2D eigenvalue weighted by atomic mass is 35.5. The van der Waals surface area contributed by atoms with Gasteiger partial charge in [0.1, 0.15) is 17.4 Å². The number of nitrogens with zero attached hydrogens (tertiary/aromatic N) is 2. The Balaban J connectivity index is 0.00000867. The molecule has 2 heterocycles. The lowest BCUT2D eigenvalue weighted by molar-refractivity contribution is -0.371. The second-order valence-electron chi connectivity index (χ2n) is 12.1. The van der Waals surface area contributed by atoms with Crippen molar-refractivity contribution in [1.29, 1.82) is 0 Å². The van der Waals surface area contributed by atoms with Gasteiger partial charge in [0, 0.05) is 12.6 Å². The lowest BCUT2D eigenvalue weighted by Crippen LogP contribution is -2.59. The van der Waals surface area contributed by atoms with E-state index >= 15 is 0 Å². The highest BCUT2D eigenvalue weighted by molar-refractivity contribution is 6.06. The number of aliphatic carboxylic acids is 1. The van der Waals surface area contributed by atoms with Gasteiger partial charge in [-0.1, -0.05) is 44.2 Å². The average Bonchev–Trinajstić information content (AvgIpc) is 3.75. The van der Waals surface area contributed by atoms with Gasteiger partial charge in [0.2, 0.25) is 0 Å². The Hall–Kier alpha value is -5.13. The van der Waals surface area contributed by atoms with Crippen molar-refractivity contribution in [3.05, 3.63) is 71.3 Å². The molecule has 2 aromatic heterocycles. The third-order valence-electron chi connectivity index (χ3n) is 7.45. The number of hydrogen-bond donors (Lipinski definition) is 9. The Morgan fingerprint density at radius 2 is 1.36 bits per heavy atom. The Morgan fingerprint density at radius 3 is 1.90 bits per heavy atom. The van der Waals surface area contributed by atoms with Gasteiger partial charge in [0.05, 0.1) is 37.8 Å². The van der Waals surface area contributed by atoms with Gasteiger partial charge in [0.15, 0.2) is 17.2 Å². The van der Waals surface area contributed by atoms with Crippen LogP contribution >= 0.6 is 12.4 Å². The molecule has 0 radical (unpaired) electrons. The molecular weight excluding hydrogens is 672 g/mol. The number of rotatable bonds is 19. The fourth-order valence-corrected chi connectivity index (χ4v) is 4.81. The zero-order valence-corrected chi connectivity index (χ0v) is 29.2. The lowest BCUT2D eigenvalue weighted by atomic mass is 10.0. The smallest absolute Gasteiger partial charge is 0.325 e. The highest BCUT2D eigenvalue weighted by Gasteiger charge is 2.28. The van der Waals surface area contributed by atoms with E-state index in [1.54, 1.807) is 6.92 Å². The van der Waals surface area contributed by atoms with Crippen LogP contribution in [0.1, 0.15) is 81.6 Å². The number of carboxylic acid groups (broad SMARTS) is 1. The van der Waals surface area contributed by atoms with Crippen LogP contribution < -0.4 is 32.3 Å². The van der Waals surface area contributed by atoms with Crippen molar-refractivity contribution in [1.82, 2.24) is 46.5 Å². The average molecular weight is 718 g/mol. The number of aromatic amines is 2. The fourth-order valence-electron chi connectivity index (χ4n) is 4.81. The Labute approximate surface area is 295 Å². The van der Waals surface area contributed by atoms with Crippen LogP contribution in [0.5, 0.6) is 0 Å².